The van der Waals surface area contributed by atoms with Crippen molar-refractivity contribution in [3.05, 3.63) is 32.7 Å². The third kappa shape index (κ3) is 2.97. The summed E-state index contributed by atoms with van der Waals surface area (Å²) in [7, 11) is 1.33. The van der Waals surface area contributed by atoms with Crippen LogP contribution in [0, 0.1) is 11.7 Å². The van der Waals surface area contributed by atoms with Crippen LogP contribution in [0.15, 0.2) is 15.7 Å². The Hall–Kier alpha value is -2.62. The Morgan fingerprint density at radius 3 is 2.41 bits per heavy atom. The number of rotatable bonds is 4. The zero-order chi connectivity index (χ0) is 21.2. The molecule has 2 heterocycles. The highest BCUT2D eigenvalue weighted by atomic mass is 19.1. The van der Waals surface area contributed by atoms with E-state index in [1.54, 1.807) is 13.8 Å². The Bertz CT molecular complexity index is 1100. The van der Waals surface area contributed by atoms with Gasteiger partial charge < -0.3 is 21.2 Å². The third-order valence-electron chi connectivity index (χ3n) is 5.92. The number of benzene rings is 1. The quantitative estimate of drug-likeness (QED) is 0.726. The van der Waals surface area contributed by atoms with Crippen molar-refractivity contribution >= 4 is 16.6 Å². The second-order valence-electron chi connectivity index (χ2n) is 8.54. The lowest BCUT2D eigenvalue weighted by molar-refractivity contribution is 0.208. The molecule has 2 aliphatic rings. The first-order valence-electron chi connectivity index (χ1n) is 9.57. The van der Waals surface area contributed by atoms with E-state index in [-0.39, 0.29) is 41.5 Å². The van der Waals surface area contributed by atoms with Crippen LogP contribution < -0.4 is 32.5 Å². The van der Waals surface area contributed by atoms with E-state index in [0.717, 1.165) is 18.9 Å². The van der Waals surface area contributed by atoms with E-state index in [2.05, 4.69) is 0 Å². The first kappa shape index (κ1) is 19.7. The molecule has 1 aromatic carbocycles. The summed E-state index contributed by atoms with van der Waals surface area (Å²) in [4.78, 5) is 26.7. The molecule has 29 heavy (non-hydrogen) atoms. The highest BCUT2D eigenvalue weighted by Crippen LogP contribution is 2.44. The Labute approximate surface area is 165 Å². The largest absolute Gasteiger partial charge is 0.492 e. The van der Waals surface area contributed by atoms with Gasteiger partial charge in [0.1, 0.15) is 17.4 Å². The van der Waals surface area contributed by atoms with Crippen LogP contribution in [0.1, 0.15) is 32.7 Å². The van der Waals surface area contributed by atoms with Crippen molar-refractivity contribution in [1.82, 2.24) is 9.24 Å². The fourth-order valence-electron chi connectivity index (χ4n) is 4.24. The molecule has 1 aromatic heterocycles. The molecule has 8 nitrogen and oxygen atoms in total. The van der Waals surface area contributed by atoms with Crippen LogP contribution in [0.2, 0.25) is 0 Å². The molecule has 2 aromatic rings. The number of fused-ring (bicyclic) bond motifs is 1. The van der Waals surface area contributed by atoms with E-state index in [1.807, 2.05) is 0 Å². The summed E-state index contributed by atoms with van der Waals surface area (Å²) in [5.41, 5.74) is 4.03. The lowest BCUT2D eigenvalue weighted by Gasteiger charge is -2.29. The zero-order valence-electron chi connectivity index (χ0n) is 16.6. The molecule has 10 heteroatoms. The van der Waals surface area contributed by atoms with Gasteiger partial charge in [-0.1, -0.05) is 0 Å². The second kappa shape index (κ2) is 6.45. The highest BCUT2D eigenvalue weighted by Gasteiger charge is 2.43. The van der Waals surface area contributed by atoms with Gasteiger partial charge in [0.05, 0.1) is 12.5 Å². The van der Waals surface area contributed by atoms with Crippen LogP contribution in [0.25, 0.3) is 10.9 Å². The number of nitrogen functional groups attached to an aromatic ring is 1. The van der Waals surface area contributed by atoms with Crippen LogP contribution in [0.3, 0.4) is 0 Å². The SMILES string of the molecule is COc1c(N2C[C@H](F)[C@@H](C(C)(C)N)C2)c(F)cc2c(=O)n(N)c(=O)n(C3CC3)c12. The van der Waals surface area contributed by atoms with Gasteiger partial charge in [-0.15, -0.1) is 0 Å². The summed E-state index contributed by atoms with van der Waals surface area (Å²) in [6.45, 7) is 3.59. The van der Waals surface area contributed by atoms with Gasteiger partial charge in [-0.2, -0.15) is 4.68 Å². The third-order valence-corrected chi connectivity index (χ3v) is 5.92. The maximum Gasteiger partial charge on any atom is 0.350 e. The number of hydrogen-bond donors (Lipinski definition) is 2. The maximum atomic E-state index is 15.2. The molecule has 0 unspecified atom stereocenters. The Balaban J connectivity index is 1.99. The molecular weight excluding hydrogens is 384 g/mol. The maximum absolute atomic E-state index is 15.2. The lowest BCUT2D eigenvalue weighted by atomic mass is 9.87. The molecule has 0 radical (unpaired) electrons. The van der Waals surface area contributed by atoms with Crippen LogP contribution in [-0.2, 0) is 0 Å². The van der Waals surface area contributed by atoms with Crippen molar-refractivity contribution in [2.75, 3.05) is 30.9 Å². The predicted molar refractivity (Wildman–Crippen MR) is 106 cm³/mol. The van der Waals surface area contributed by atoms with E-state index in [4.69, 9.17) is 16.3 Å². The smallest absolute Gasteiger partial charge is 0.350 e. The van der Waals surface area contributed by atoms with Crippen molar-refractivity contribution in [2.24, 2.45) is 11.7 Å². The number of halogens is 2. The van der Waals surface area contributed by atoms with Crippen LogP contribution in [0.5, 0.6) is 5.75 Å². The number of aromatic nitrogens is 2. The molecule has 0 amide bonds. The fraction of sp³-hybridized carbons (Fsp3) is 0.579. The molecule has 1 aliphatic heterocycles. The first-order chi connectivity index (χ1) is 13.6. The van der Waals surface area contributed by atoms with Gasteiger partial charge in [-0.3, -0.25) is 9.36 Å². The van der Waals surface area contributed by atoms with E-state index < -0.39 is 34.7 Å². The molecule has 2 fully saturated rings. The standard InChI is InChI=1S/C19H25F2N5O3/c1-19(2,22)11-7-24(8-13(11)21)15-12(20)6-10-14(16(15)29-3)25(9-4-5-9)18(28)26(23)17(10)27/h6,9,11,13H,4-5,7-8,22-23H2,1-3H3/t11-,13-/m0/s1. The Morgan fingerprint density at radius 1 is 1.24 bits per heavy atom. The molecule has 4 rings (SSSR count). The molecule has 4 N–H and O–H groups in total. The molecule has 158 valence electrons. The number of hydrogen-bond acceptors (Lipinski definition) is 6. The summed E-state index contributed by atoms with van der Waals surface area (Å²) < 4.78 is 37.2. The summed E-state index contributed by atoms with van der Waals surface area (Å²) in [6, 6.07) is 0.904. The van der Waals surface area contributed by atoms with Gasteiger partial charge in [0.2, 0.25) is 0 Å². The summed E-state index contributed by atoms with van der Waals surface area (Å²) in [5.74, 6) is 4.42. The van der Waals surface area contributed by atoms with Crippen molar-refractivity contribution in [3.8, 4) is 5.75 Å². The minimum Gasteiger partial charge on any atom is -0.492 e. The fourth-order valence-corrected chi connectivity index (χ4v) is 4.24. The second-order valence-corrected chi connectivity index (χ2v) is 8.54. The Kier molecular flexibility index (Phi) is 4.38. The number of methoxy groups -OCH3 is 1. The van der Waals surface area contributed by atoms with Gasteiger partial charge in [0.15, 0.2) is 11.6 Å². The zero-order valence-corrected chi connectivity index (χ0v) is 16.6. The highest BCUT2D eigenvalue weighted by molar-refractivity contribution is 5.91. The van der Waals surface area contributed by atoms with Gasteiger partial charge >= 0.3 is 5.69 Å². The molecule has 1 saturated carbocycles. The van der Waals surface area contributed by atoms with Crippen molar-refractivity contribution < 1.29 is 13.5 Å². The summed E-state index contributed by atoms with van der Waals surface area (Å²) >= 11 is 0. The summed E-state index contributed by atoms with van der Waals surface area (Å²) in [5, 5.41) is -0.0520. The lowest BCUT2D eigenvalue weighted by Crippen LogP contribution is -2.45. The Morgan fingerprint density at radius 2 is 1.90 bits per heavy atom. The normalized spacial score (nSPS) is 22.5. The van der Waals surface area contributed by atoms with Crippen LogP contribution in [-0.4, -0.2) is 41.2 Å². The molecule has 2 atom stereocenters. The number of ether oxygens (including phenoxy) is 1. The topological polar surface area (TPSA) is 109 Å². The van der Waals surface area contributed by atoms with Gasteiger partial charge in [0, 0.05) is 30.6 Å². The number of nitrogens with two attached hydrogens (primary N) is 2. The molecule has 0 bridgehead atoms. The number of alkyl halides is 1. The monoisotopic (exact) mass is 409 g/mol. The number of nitrogens with zero attached hydrogens (tertiary/aromatic N) is 3. The van der Waals surface area contributed by atoms with E-state index in [9.17, 15) is 14.0 Å². The van der Waals surface area contributed by atoms with Crippen molar-refractivity contribution in [1.29, 1.82) is 0 Å². The average molecular weight is 409 g/mol. The van der Waals surface area contributed by atoms with Crippen LogP contribution in [0.4, 0.5) is 14.5 Å². The molecule has 1 saturated heterocycles. The first-order valence-corrected chi connectivity index (χ1v) is 9.57. The van der Waals surface area contributed by atoms with Crippen molar-refractivity contribution in [2.45, 2.75) is 44.4 Å². The van der Waals surface area contributed by atoms with E-state index in [1.165, 1.54) is 16.6 Å². The minimum atomic E-state index is -1.25. The van der Waals surface area contributed by atoms with E-state index in [0.29, 0.717) is 4.68 Å². The molecular formula is C19H25F2N5O3. The van der Waals surface area contributed by atoms with E-state index >= 15 is 4.39 Å². The predicted octanol–water partition coefficient (Wildman–Crippen LogP) is 0.871. The molecule has 0 spiro atoms. The average Bonchev–Trinajstić information content (AvgIpc) is 3.40. The molecule has 1 aliphatic carbocycles. The number of anilines is 1. The van der Waals surface area contributed by atoms with Crippen molar-refractivity contribution in [3.63, 3.8) is 0 Å². The van der Waals surface area contributed by atoms with Crippen LogP contribution >= 0.6 is 0 Å². The van der Waals surface area contributed by atoms with Gasteiger partial charge in [-0.05, 0) is 32.8 Å². The minimum absolute atomic E-state index is 0.0253. The summed E-state index contributed by atoms with van der Waals surface area (Å²) in [6.07, 6.45) is 0.225. The van der Waals surface area contributed by atoms with Gasteiger partial charge in [0.25, 0.3) is 5.56 Å². The van der Waals surface area contributed by atoms with Gasteiger partial charge in [-0.25, -0.2) is 13.6 Å².